The van der Waals surface area contributed by atoms with E-state index >= 15 is 0 Å². The number of rotatable bonds is 5. The molecule has 0 fully saturated rings. The molecule has 0 unspecified atom stereocenters. The van der Waals surface area contributed by atoms with Gasteiger partial charge in [-0.2, -0.15) is 0 Å². The molecule has 6 nitrogen and oxygen atoms in total. The summed E-state index contributed by atoms with van der Waals surface area (Å²) < 4.78 is 1.59. The molecule has 0 bridgehead atoms. The number of carbonyl (C=O) groups is 1. The first-order valence-corrected chi connectivity index (χ1v) is 7.79. The highest BCUT2D eigenvalue weighted by atomic mass is 35.5. The monoisotopic (exact) mass is 336 g/mol. The van der Waals surface area contributed by atoms with Crippen molar-refractivity contribution in [1.29, 1.82) is 0 Å². The highest BCUT2D eigenvalue weighted by molar-refractivity contribution is 6.32. The van der Waals surface area contributed by atoms with Crippen LogP contribution in [0.15, 0.2) is 24.3 Å². The molecule has 0 saturated heterocycles. The number of aliphatic hydroxyl groups is 1. The molecule has 0 aliphatic heterocycles. The molecule has 23 heavy (non-hydrogen) atoms. The molecule has 1 aromatic heterocycles. The number of amides is 1. The van der Waals surface area contributed by atoms with Crippen LogP contribution in [0.4, 0.5) is 0 Å². The van der Waals surface area contributed by atoms with Crippen molar-refractivity contribution in [2.24, 2.45) is 0 Å². The van der Waals surface area contributed by atoms with E-state index in [2.05, 4.69) is 10.1 Å². The maximum Gasteiger partial charge on any atom is 0.293 e. The third-order valence-electron chi connectivity index (χ3n) is 3.23. The van der Waals surface area contributed by atoms with E-state index in [0.29, 0.717) is 23.0 Å². The second kappa shape index (κ2) is 6.68. The van der Waals surface area contributed by atoms with Crippen LogP contribution in [0.2, 0.25) is 5.02 Å². The number of halogens is 1. The Hall–Kier alpha value is -1.92. The molecule has 2 rings (SSSR count). The van der Waals surface area contributed by atoms with Crippen LogP contribution in [0.3, 0.4) is 0 Å². The Morgan fingerprint density at radius 2 is 2.04 bits per heavy atom. The van der Waals surface area contributed by atoms with E-state index in [0.717, 1.165) is 0 Å². The average Bonchev–Trinajstić information content (AvgIpc) is 2.89. The van der Waals surface area contributed by atoms with Gasteiger partial charge in [-0.1, -0.05) is 30.7 Å². The van der Waals surface area contributed by atoms with Crippen LogP contribution in [0.1, 0.15) is 37.2 Å². The Balaban J connectivity index is 2.36. The summed E-state index contributed by atoms with van der Waals surface area (Å²) in [5.74, 6) is 0.402. The van der Waals surface area contributed by atoms with Crippen molar-refractivity contribution >= 4 is 17.5 Å². The van der Waals surface area contributed by atoms with E-state index < -0.39 is 5.60 Å². The van der Waals surface area contributed by atoms with Gasteiger partial charge in [-0.15, -0.1) is 5.10 Å². The number of carbonyl (C=O) groups excluding carboxylic acids is 1. The molecule has 1 amide bonds. The third kappa shape index (κ3) is 4.09. The van der Waals surface area contributed by atoms with Gasteiger partial charge < -0.3 is 10.0 Å². The highest BCUT2D eigenvalue weighted by Gasteiger charge is 2.24. The molecule has 0 aliphatic carbocycles. The van der Waals surface area contributed by atoms with E-state index in [1.165, 1.54) is 4.90 Å². The maximum absolute atomic E-state index is 12.5. The largest absolute Gasteiger partial charge is 0.389 e. The standard InChI is InChI=1S/C16H21ClN4O2/c1-5-13-18-14(15(22)20(4)10-16(2,3)23)19-21(13)12-9-7-6-8-11(12)17/h6-9,23H,5,10H2,1-4H3. The fourth-order valence-corrected chi connectivity index (χ4v) is 2.52. The summed E-state index contributed by atoms with van der Waals surface area (Å²) in [5, 5.41) is 14.7. The predicted octanol–water partition coefficient (Wildman–Crippen LogP) is 2.33. The van der Waals surface area contributed by atoms with E-state index in [1.54, 1.807) is 31.6 Å². The second-order valence-electron chi connectivity index (χ2n) is 6.04. The van der Waals surface area contributed by atoms with Crippen LogP contribution in [0.5, 0.6) is 0 Å². The van der Waals surface area contributed by atoms with Crippen LogP contribution in [0, 0.1) is 0 Å². The fourth-order valence-electron chi connectivity index (χ4n) is 2.30. The molecule has 0 spiro atoms. The zero-order valence-corrected chi connectivity index (χ0v) is 14.5. The fraction of sp³-hybridized carbons (Fsp3) is 0.438. The molecule has 0 aliphatic rings. The number of hydrogen-bond acceptors (Lipinski definition) is 4. The second-order valence-corrected chi connectivity index (χ2v) is 6.45. The predicted molar refractivity (Wildman–Crippen MR) is 89.0 cm³/mol. The van der Waals surface area contributed by atoms with Gasteiger partial charge >= 0.3 is 0 Å². The number of aryl methyl sites for hydroxylation is 1. The topological polar surface area (TPSA) is 71.2 Å². The summed E-state index contributed by atoms with van der Waals surface area (Å²) in [6.45, 7) is 5.41. The smallest absolute Gasteiger partial charge is 0.293 e. The molecule has 2 aromatic rings. The van der Waals surface area contributed by atoms with Gasteiger partial charge in [0, 0.05) is 20.0 Å². The van der Waals surface area contributed by atoms with Crippen molar-refractivity contribution in [3.8, 4) is 5.69 Å². The van der Waals surface area contributed by atoms with Crippen LogP contribution < -0.4 is 0 Å². The van der Waals surface area contributed by atoms with E-state index in [1.807, 2.05) is 25.1 Å². The van der Waals surface area contributed by atoms with E-state index in [-0.39, 0.29) is 18.3 Å². The molecule has 124 valence electrons. The SMILES string of the molecule is CCc1nc(C(=O)N(C)CC(C)(C)O)nn1-c1ccccc1Cl. The van der Waals surface area contributed by atoms with Crippen LogP contribution in [-0.4, -0.2) is 49.9 Å². The molecule has 0 radical (unpaired) electrons. The number of likely N-dealkylation sites (N-methyl/N-ethyl adjacent to an activating group) is 1. The molecule has 7 heteroatoms. The first kappa shape index (κ1) is 17.4. The van der Waals surface area contributed by atoms with Gasteiger partial charge in [0.05, 0.1) is 16.3 Å². The van der Waals surface area contributed by atoms with Gasteiger partial charge in [-0.25, -0.2) is 9.67 Å². The molecular formula is C16H21ClN4O2. The Morgan fingerprint density at radius 3 is 2.61 bits per heavy atom. The lowest BCUT2D eigenvalue weighted by Gasteiger charge is -2.24. The Labute approximate surface area is 140 Å². The Bertz CT molecular complexity index is 706. The summed E-state index contributed by atoms with van der Waals surface area (Å²) in [6, 6.07) is 7.27. The average molecular weight is 337 g/mol. The first-order chi connectivity index (χ1) is 10.7. The molecule has 1 aromatic carbocycles. The maximum atomic E-state index is 12.5. The Kier molecular flexibility index (Phi) is 5.06. The number of para-hydroxylation sites is 1. The normalized spacial score (nSPS) is 11.6. The summed E-state index contributed by atoms with van der Waals surface area (Å²) >= 11 is 6.21. The van der Waals surface area contributed by atoms with E-state index in [9.17, 15) is 9.90 Å². The van der Waals surface area contributed by atoms with Gasteiger partial charge in [0.1, 0.15) is 5.82 Å². The van der Waals surface area contributed by atoms with Crippen molar-refractivity contribution in [2.45, 2.75) is 32.8 Å². The number of hydrogen-bond donors (Lipinski definition) is 1. The molecule has 0 atom stereocenters. The summed E-state index contributed by atoms with van der Waals surface area (Å²) in [6.07, 6.45) is 0.612. The minimum Gasteiger partial charge on any atom is -0.389 e. The van der Waals surface area contributed by atoms with Crippen LogP contribution in [0.25, 0.3) is 5.69 Å². The highest BCUT2D eigenvalue weighted by Crippen LogP contribution is 2.21. The van der Waals surface area contributed by atoms with Crippen LogP contribution >= 0.6 is 11.6 Å². The minimum absolute atomic E-state index is 0.0912. The van der Waals surface area contributed by atoms with Crippen molar-refractivity contribution in [2.75, 3.05) is 13.6 Å². The quantitative estimate of drug-likeness (QED) is 0.909. The van der Waals surface area contributed by atoms with Gasteiger partial charge in [0.2, 0.25) is 5.82 Å². The summed E-state index contributed by atoms with van der Waals surface area (Å²) in [7, 11) is 1.61. The molecule has 0 saturated carbocycles. The van der Waals surface area contributed by atoms with Gasteiger partial charge in [-0.3, -0.25) is 4.79 Å². The van der Waals surface area contributed by atoms with Gasteiger partial charge in [0.25, 0.3) is 5.91 Å². The zero-order valence-electron chi connectivity index (χ0n) is 13.7. The number of aromatic nitrogens is 3. The molecule has 1 heterocycles. The summed E-state index contributed by atoms with van der Waals surface area (Å²) in [5.41, 5.74) is -0.300. The lowest BCUT2D eigenvalue weighted by Crippen LogP contribution is -2.40. The first-order valence-electron chi connectivity index (χ1n) is 7.41. The number of nitrogens with zero attached hydrogens (tertiary/aromatic N) is 4. The molecule has 1 N–H and O–H groups in total. The Morgan fingerprint density at radius 1 is 1.39 bits per heavy atom. The van der Waals surface area contributed by atoms with Crippen molar-refractivity contribution in [3.05, 3.63) is 40.9 Å². The number of benzene rings is 1. The van der Waals surface area contributed by atoms with E-state index in [4.69, 9.17) is 11.6 Å². The zero-order chi connectivity index (χ0) is 17.2. The van der Waals surface area contributed by atoms with Crippen molar-refractivity contribution in [3.63, 3.8) is 0 Å². The van der Waals surface area contributed by atoms with Crippen molar-refractivity contribution < 1.29 is 9.90 Å². The van der Waals surface area contributed by atoms with Gasteiger partial charge in [0.15, 0.2) is 0 Å². The lowest BCUT2D eigenvalue weighted by molar-refractivity contribution is 0.0361. The third-order valence-corrected chi connectivity index (χ3v) is 3.55. The molecular weight excluding hydrogens is 316 g/mol. The van der Waals surface area contributed by atoms with Crippen LogP contribution in [-0.2, 0) is 6.42 Å². The van der Waals surface area contributed by atoms with Crippen molar-refractivity contribution in [1.82, 2.24) is 19.7 Å². The summed E-state index contributed by atoms with van der Waals surface area (Å²) in [4.78, 5) is 18.2. The minimum atomic E-state index is -0.983. The van der Waals surface area contributed by atoms with Gasteiger partial charge in [-0.05, 0) is 26.0 Å². The lowest BCUT2D eigenvalue weighted by atomic mass is 10.1.